The molecule has 1 aliphatic heterocycles. The van der Waals surface area contributed by atoms with Crippen LogP contribution in [0.5, 0.6) is 0 Å². The second kappa shape index (κ2) is 6.14. The molecule has 0 spiro atoms. The van der Waals surface area contributed by atoms with E-state index in [4.69, 9.17) is 5.73 Å². The van der Waals surface area contributed by atoms with E-state index in [0.29, 0.717) is 6.54 Å². The monoisotopic (exact) mass is 343 g/mol. The Labute approximate surface area is 144 Å². The quantitative estimate of drug-likeness (QED) is 0.790. The molecule has 0 atom stereocenters. The third-order valence-electron chi connectivity index (χ3n) is 4.91. The summed E-state index contributed by atoms with van der Waals surface area (Å²) >= 11 is 1.61. The van der Waals surface area contributed by atoms with Crippen LogP contribution in [-0.4, -0.2) is 40.3 Å². The highest BCUT2D eigenvalue weighted by Gasteiger charge is 2.37. The molecule has 126 valence electrons. The van der Waals surface area contributed by atoms with Gasteiger partial charge in [0.2, 0.25) is 0 Å². The topological polar surface area (TPSA) is 87.0 Å². The van der Waals surface area contributed by atoms with Crippen LogP contribution >= 0.6 is 11.8 Å². The number of H-pyrrole nitrogens is 1. The molecule has 4 N–H and O–H groups in total. The van der Waals surface area contributed by atoms with Crippen LogP contribution in [0.4, 0.5) is 5.69 Å². The van der Waals surface area contributed by atoms with E-state index in [0.717, 1.165) is 53.2 Å². The number of aromatic amines is 1. The van der Waals surface area contributed by atoms with E-state index < -0.39 is 0 Å². The van der Waals surface area contributed by atoms with Gasteiger partial charge in [0.25, 0.3) is 5.91 Å². The van der Waals surface area contributed by atoms with E-state index in [1.54, 1.807) is 18.0 Å². The number of anilines is 1. The molecule has 1 fully saturated rings. The average Bonchev–Trinajstić information content (AvgIpc) is 3.06. The number of rotatable bonds is 4. The maximum atomic E-state index is 12.7. The molecule has 1 saturated carbocycles. The molecule has 1 aliphatic carbocycles. The summed E-state index contributed by atoms with van der Waals surface area (Å²) in [5.74, 6) is 0.873. The molecule has 7 heteroatoms. The predicted octanol–water partition coefficient (Wildman–Crippen LogP) is 1.96. The fraction of sp³-hybridized carbons (Fsp3) is 0.412. The van der Waals surface area contributed by atoms with Gasteiger partial charge in [0.1, 0.15) is 5.65 Å². The Hall–Kier alpha value is -1.99. The van der Waals surface area contributed by atoms with Crippen LogP contribution in [0.25, 0.3) is 11.0 Å². The van der Waals surface area contributed by atoms with Gasteiger partial charge in [-0.1, -0.05) is 0 Å². The first-order valence-electron chi connectivity index (χ1n) is 8.27. The van der Waals surface area contributed by atoms with Crippen LogP contribution in [0.1, 0.15) is 19.3 Å². The Morgan fingerprint density at radius 3 is 3.08 bits per heavy atom. The fourth-order valence-corrected chi connectivity index (χ4v) is 4.19. The summed E-state index contributed by atoms with van der Waals surface area (Å²) in [6, 6.07) is 4.01. The van der Waals surface area contributed by atoms with Crippen molar-refractivity contribution in [2.75, 3.05) is 23.7 Å². The number of hydrogen-bond acceptors (Lipinski definition) is 5. The number of carbonyl (C=O) groups is 1. The largest absolute Gasteiger partial charge is 0.346 e. The molecular formula is C17H21N5OS. The number of hydrogen-bond donors (Lipinski definition) is 3. The average molecular weight is 343 g/mol. The summed E-state index contributed by atoms with van der Waals surface area (Å²) < 4.78 is 0. The highest BCUT2D eigenvalue weighted by atomic mass is 32.2. The van der Waals surface area contributed by atoms with Gasteiger partial charge in [0.15, 0.2) is 0 Å². The van der Waals surface area contributed by atoms with E-state index in [1.165, 1.54) is 0 Å². The lowest BCUT2D eigenvalue weighted by Crippen LogP contribution is -2.58. The van der Waals surface area contributed by atoms with Crippen molar-refractivity contribution in [1.82, 2.24) is 15.3 Å². The van der Waals surface area contributed by atoms with Crippen molar-refractivity contribution in [2.45, 2.75) is 24.8 Å². The van der Waals surface area contributed by atoms with Gasteiger partial charge in [-0.3, -0.25) is 4.79 Å². The SMILES string of the molecule is NCC1(NC(=O)C2=CN(c3ccnc4[nH]ccc34)CCS2)CCC1. The first kappa shape index (κ1) is 15.5. The zero-order chi connectivity index (χ0) is 16.6. The summed E-state index contributed by atoms with van der Waals surface area (Å²) in [6.07, 6.45) is 8.73. The molecule has 0 bridgehead atoms. The second-order valence-electron chi connectivity index (χ2n) is 6.40. The van der Waals surface area contributed by atoms with Crippen molar-refractivity contribution in [3.63, 3.8) is 0 Å². The minimum Gasteiger partial charge on any atom is -0.346 e. The maximum Gasteiger partial charge on any atom is 0.259 e. The number of nitrogens with one attached hydrogen (secondary N) is 2. The number of thioether (sulfide) groups is 1. The van der Waals surface area contributed by atoms with Gasteiger partial charge in [-0.05, 0) is 31.4 Å². The lowest BCUT2D eigenvalue weighted by Gasteiger charge is -2.42. The smallest absolute Gasteiger partial charge is 0.259 e. The summed E-state index contributed by atoms with van der Waals surface area (Å²) in [5.41, 5.74) is 7.60. The molecule has 2 aliphatic rings. The van der Waals surface area contributed by atoms with Gasteiger partial charge in [-0.2, -0.15) is 0 Å². The molecule has 4 rings (SSSR count). The van der Waals surface area contributed by atoms with Gasteiger partial charge >= 0.3 is 0 Å². The number of nitrogens with zero attached hydrogens (tertiary/aromatic N) is 2. The van der Waals surface area contributed by atoms with Gasteiger partial charge in [0, 0.05) is 42.8 Å². The number of pyridine rings is 1. The molecule has 2 aromatic rings. The van der Waals surface area contributed by atoms with Crippen LogP contribution in [0, 0.1) is 0 Å². The minimum absolute atomic E-state index is 0.00535. The van der Waals surface area contributed by atoms with Crippen molar-refractivity contribution in [3.05, 3.63) is 35.6 Å². The number of amides is 1. The fourth-order valence-electron chi connectivity index (χ4n) is 3.29. The molecule has 6 nitrogen and oxygen atoms in total. The number of aromatic nitrogens is 2. The molecule has 1 amide bonds. The van der Waals surface area contributed by atoms with E-state index in [9.17, 15) is 4.79 Å². The third-order valence-corrected chi connectivity index (χ3v) is 5.90. The van der Waals surface area contributed by atoms with Crippen LogP contribution in [-0.2, 0) is 4.79 Å². The Morgan fingerprint density at radius 1 is 1.46 bits per heavy atom. The van der Waals surface area contributed by atoms with Crippen molar-refractivity contribution >= 4 is 34.4 Å². The minimum atomic E-state index is -0.189. The third kappa shape index (κ3) is 2.67. The molecule has 3 heterocycles. The highest BCUT2D eigenvalue weighted by Crippen LogP contribution is 2.33. The Kier molecular flexibility index (Phi) is 3.97. The predicted molar refractivity (Wildman–Crippen MR) is 97.8 cm³/mol. The van der Waals surface area contributed by atoms with E-state index in [2.05, 4.69) is 20.2 Å². The van der Waals surface area contributed by atoms with E-state index in [1.807, 2.05) is 24.5 Å². The molecule has 2 aromatic heterocycles. The lowest BCUT2D eigenvalue weighted by atomic mass is 9.77. The zero-order valence-electron chi connectivity index (χ0n) is 13.4. The molecule has 0 aromatic carbocycles. The van der Waals surface area contributed by atoms with E-state index in [-0.39, 0.29) is 11.4 Å². The summed E-state index contributed by atoms with van der Waals surface area (Å²) in [6.45, 7) is 1.38. The van der Waals surface area contributed by atoms with Crippen LogP contribution < -0.4 is 16.0 Å². The standard InChI is InChI=1S/C17H21N5OS/c18-11-17(4-1-5-17)21-16(23)14-10-22(8-9-24-14)13-3-7-20-15-12(13)2-6-19-15/h2-3,6-7,10H,1,4-5,8-9,11,18H2,(H,19,20)(H,21,23). The molecule has 0 saturated heterocycles. The summed E-state index contributed by atoms with van der Waals surface area (Å²) in [5, 5.41) is 4.22. The van der Waals surface area contributed by atoms with Crippen molar-refractivity contribution < 1.29 is 4.79 Å². The Bertz CT molecular complexity index is 790. The van der Waals surface area contributed by atoms with Gasteiger partial charge in [0.05, 0.1) is 16.1 Å². The van der Waals surface area contributed by atoms with Gasteiger partial charge in [-0.25, -0.2) is 4.98 Å². The first-order valence-corrected chi connectivity index (χ1v) is 9.25. The molecule has 24 heavy (non-hydrogen) atoms. The number of nitrogens with two attached hydrogens (primary N) is 1. The van der Waals surface area contributed by atoms with Gasteiger partial charge in [-0.15, -0.1) is 11.8 Å². The first-order chi connectivity index (χ1) is 11.7. The molecule has 0 unspecified atom stereocenters. The zero-order valence-corrected chi connectivity index (χ0v) is 14.2. The van der Waals surface area contributed by atoms with Crippen molar-refractivity contribution in [1.29, 1.82) is 0 Å². The van der Waals surface area contributed by atoms with Gasteiger partial charge < -0.3 is 20.9 Å². The molecule has 0 radical (unpaired) electrons. The Balaban J connectivity index is 1.58. The van der Waals surface area contributed by atoms with Crippen molar-refractivity contribution in [3.8, 4) is 0 Å². The highest BCUT2D eigenvalue weighted by molar-refractivity contribution is 8.04. The number of fused-ring (bicyclic) bond motifs is 1. The second-order valence-corrected chi connectivity index (χ2v) is 7.53. The van der Waals surface area contributed by atoms with Crippen molar-refractivity contribution in [2.24, 2.45) is 5.73 Å². The van der Waals surface area contributed by atoms with Crippen LogP contribution in [0.2, 0.25) is 0 Å². The summed E-state index contributed by atoms with van der Waals surface area (Å²) in [4.78, 5) is 23.0. The summed E-state index contributed by atoms with van der Waals surface area (Å²) in [7, 11) is 0. The number of carbonyl (C=O) groups excluding carboxylic acids is 1. The maximum absolute atomic E-state index is 12.7. The van der Waals surface area contributed by atoms with Crippen LogP contribution in [0.15, 0.2) is 35.6 Å². The molecular weight excluding hydrogens is 322 g/mol. The lowest BCUT2D eigenvalue weighted by molar-refractivity contribution is -0.119. The van der Waals surface area contributed by atoms with Crippen LogP contribution in [0.3, 0.4) is 0 Å². The van der Waals surface area contributed by atoms with E-state index >= 15 is 0 Å². The Morgan fingerprint density at radius 2 is 2.33 bits per heavy atom. The normalized spacial score (nSPS) is 19.7.